The zero-order valence-corrected chi connectivity index (χ0v) is 11.0. The summed E-state index contributed by atoms with van der Waals surface area (Å²) in [6.07, 6.45) is 5.89. The number of hydrogen-bond donors (Lipinski definition) is 0. The van der Waals surface area contributed by atoms with Gasteiger partial charge < -0.3 is 0 Å². The Balaban J connectivity index is 3.32. The number of rotatable bonds is 3. The van der Waals surface area contributed by atoms with Gasteiger partial charge in [0.2, 0.25) is 0 Å². The van der Waals surface area contributed by atoms with E-state index in [0.717, 1.165) is 18.5 Å². The minimum Gasteiger partial charge on any atom is -0.261 e. The summed E-state index contributed by atoms with van der Waals surface area (Å²) in [5.74, 6) is 0. The third kappa shape index (κ3) is 2.91. The van der Waals surface area contributed by atoms with Gasteiger partial charge in [0.1, 0.15) is 0 Å². The predicted molar refractivity (Wildman–Crippen MR) is 70.8 cm³/mol. The lowest BCUT2D eigenvalue weighted by molar-refractivity contribution is 0.559. The highest BCUT2D eigenvalue weighted by molar-refractivity contribution is 5.63. The zero-order chi connectivity index (χ0) is 12.2. The first-order chi connectivity index (χ1) is 7.50. The summed E-state index contributed by atoms with van der Waals surface area (Å²) in [7, 11) is 0. The zero-order valence-electron chi connectivity index (χ0n) is 11.0. The van der Waals surface area contributed by atoms with Crippen LogP contribution in [0.5, 0.6) is 0 Å². The van der Waals surface area contributed by atoms with Crippen molar-refractivity contribution >= 4 is 11.9 Å². The molecule has 1 aromatic rings. The predicted octanol–water partition coefficient (Wildman–Crippen LogP) is 4.05. The van der Waals surface area contributed by atoms with E-state index in [1.165, 1.54) is 11.3 Å². The standard InChI is InChI=1S/C14H22N2/c1-6-8-11-12(15-7-2)9-10-16-13(11)14(3,4)5/h7,9-10H,6,8H2,1-5H3. The normalized spacial score (nSPS) is 12.3. The second kappa shape index (κ2) is 5.24. The Bertz CT molecular complexity index is 373. The van der Waals surface area contributed by atoms with Crippen molar-refractivity contribution in [3.05, 3.63) is 23.5 Å². The molecule has 0 atom stereocenters. The van der Waals surface area contributed by atoms with Crippen molar-refractivity contribution in [2.24, 2.45) is 4.99 Å². The number of aromatic nitrogens is 1. The van der Waals surface area contributed by atoms with E-state index in [4.69, 9.17) is 0 Å². The van der Waals surface area contributed by atoms with Crippen LogP contribution in [0.3, 0.4) is 0 Å². The molecule has 88 valence electrons. The molecule has 0 amide bonds. The van der Waals surface area contributed by atoms with Crippen LogP contribution in [-0.2, 0) is 11.8 Å². The third-order valence-electron chi connectivity index (χ3n) is 2.51. The molecule has 0 radical (unpaired) electrons. The molecule has 2 nitrogen and oxygen atoms in total. The Hall–Kier alpha value is -1.18. The molecule has 0 fully saturated rings. The van der Waals surface area contributed by atoms with Gasteiger partial charge >= 0.3 is 0 Å². The molecule has 0 aliphatic heterocycles. The maximum atomic E-state index is 4.54. The fourth-order valence-electron chi connectivity index (χ4n) is 1.89. The van der Waals surface area contributed by atoms with Crippen molar-refractivity contribution < 1.29 is 0 Å². The van der Waals surface area contributed by atoms with Crippen LogP contribution in [-0.4, -0.2) is 11.2 Å². The topological polar surface area (TPSA) is 25.2 Å². The highest BCUT2D eigenvalue weighted by Gasteiger charge is 2.20. The quantitative estimate of drug-likeness (QED) is 0.702. The van der Waals surface area contributed by atoms with E-state index in [9.17, 15) is 0 Å². The lowest BCUT2D eigenvalue weighted by Crippen LogP contribution is -2.16. The van der Waals surface area contributed by atoms with Gasteiger partial charge in [0.25, 0.3) is 0 Å². The van der Waals surface area contributed by atoms with E-state index < -0.39 is 0 Å². The average Bonchev–Trinajstić information content (AvgIpc) is 2.19. The van der Waals surface area contributed by atoms with Crippen molar-refractivity contribution in [1.29, 1.82) is 0 Å². The smallest absolute Gasteiger partial charge is 0.0691 e. The summed E-state index contributed by atoms with van der Waals surface area (Å²) in [6.45, 7) is 10.8. The molecule has 0 unspecified atom stereocenters. The third-order valence-corrected chi connectivity index (χ3v) is 2.51. The van der Waals surface area contributed by atoms with Crippen LogP contribution in [0.4, 0.5) is 5.69 Å². The van der Waals surface area contributed by atoms with E-state index in [1.54, 1.807) is 0 Å². The minimum absolute atomic E-state index is 0.0871. The molecule has 0 aliphatic rings. The van der Waals surface area contributed by atoms with E-state index in [2.05, 4.69) is 37.7 Å². The highest BCUT2D eigenvalue weighted by atomic mass is 14.8. The molecule has 1 heterocycles. The Morgan fingerprint density at radius 2 is 2.06 bits per heavy atom. The van der Waals surface area contributed by atoms with E-state index in [1.807, 2.05) is 25.4 Å². The fraction of sp³-hybridized carbons (Fsp3) is 0.571. The Labute approximate surface area is 98.8 Å². The Kier molecular flexibility index (Phi) is 4.22. The van der Waals surface area contributed by atoms with Crippen LogP contribution >= 0.6 is 0 Å². The van der Waals surface area contributed by atoms with Gasteiger partial charge in [-0.3, -0.25) is 9.98 Å². The van der Waals surface area contributed by atoms with Crippen LogP contribution in [0, 0.1) is 0 Å². The second-order valence-electron chi connectivity index (χ2n) is 5.04. The van der Waals surface area contributed by atoms with Crippen LogP contribution in [0.2, 0.25) is 0 Å². The Morgan fingerprint density at radius 3 is 2.56 bits per heavy atom. The lowest BCUT2D eigenvalue weighted by atomic mass is 9.86. The van der Waals surface area contributed by atoms with Crippen molar-refractivity contribution in [3.8, 4) is 0 Å². The SMILES string of the molecule is CC=Nc1ccnc(C(C)(C)C)c1CCC. The first-order valence-corrected chi connectivity index (χ1v) is 5.97. The molecule has 0 aromatic carbocycles. The molecule has 1 rings (SSSR count). The van der Waals surface area contributed by atoms with Crippen LogP contribution < -0.4 is 0 Å². The van der Waals surface area contributed by atoms with Crippen molar-refractivity contribution in [3.63, 3.8) is 0 Å². The highest BCUT2D eigenvalue weighted by Crippen LogP contribution is 2.30. The summed E-state index contributed by atoms with van der Waals surface area (Å²) in [5, 5.41) is 0. The van der Waals surface area contributed by atoms with Crippen molar-refractivity contribution in [2.75, 3.05) is 0 Å². The number of hydrogen-bond acceptors (Lipinski definition) is 2. The molecule has 0 N–H and O–H groups in total. The molecular formula is C14H22N2. The summed E-state index contributed by atoms with van der Waals surface area (Å²) in [6, 6.07) is 2.00. The molecular weight excluding hydrogens is 196 g/mol. The molecule has 0 saturated carbocycles. The largest absolute Gasteiger partial charge is 0.261 e. The van der Waals surface area contributed by atoms with Crippen molar-refractivity contribution in [2.45, 2.75) is 52.9 Å². The first kappa shape index (κ1) is 12.9. The van der Waals surface area contributed by atoms with Gasteiger partial charge in [-0.1, -0.05) is 34.1 Å². The molecule has 0 bridgehead atoms. The summed E-state index contributed by atoms with van der Waals surface area (Å²) < 4.78 is 0. The van der Waals surface area contributed by atoms with E-state index in [0.29, 0.717) is 0 Å². The summed E-state index contributed by atoms with van der Waals surface area (Å²) >= 11 is 0. The Morgan fingerprint density at radius 1 is 1.38 bits per heavy atom. The van der Waals surface area contributed by atoms with E-state index in [-0.39, 0.29) is 5.41 Å². The maximum absolute atomic E-state index is 4.54. The molecule has 2 heteroatoms. The molecule has 1 aromatic heterocycles. The minimum atomic E-state index is 0.0871. The van der Waals surface area contributed by atoms with Gasteiger partial charge in [-0.15, -0.1) is 0 Å². The van der Waals surface area contributed by atoms with Gasteiger partial charge in [-0.05, 0) is 25.0 Å². The van der Waals surface area contributed by atoms with Gasteiger partial charge in [0, 0.05) is 17.8 Å². The fourth-order valence-corrected chi connectivity index (χ4v) is 1.89. The van der Waals surface area contributed by atoms with Crippen molar-refractivity contribution in [1.82, 2.24) is 4.98 Å². The lowest BCUT2D eigenvalue weighted by Gasteiger charge is -2.22. The molecule has 0 aliphatic carbocycles. The maximum Gasteiger partial charge on any atom is 0.0691 e. The summed E-state index contributed by atoms with van der Waals surface area (Å²) in [5.41, 5.74) is 3.64. The average molecular weight is 218 g/mol. The molecule has 0 saturated heterocycles. The first-order valence-electron chi connectivity index (χ1n) is 5.97. The van der Waals surface area contributed by atoms with Crippen LogP contribution in [0.15, 0.2) is 17.3 Å². The number of pyridine rings is 1. The van der Waals surface area contributed by atoms with E-state index >= 15 is 0 Å². The monoisotopic (exact) mass is 218 g/mol. The van der Waals surface area contributed by atoms with Gasteiger partial charge in [-0.2, -0.15) is 0 Å². The molecule has 16 heavy (non-hydrogen) atoms. The summed E-state index contributed by atoms with van der Waals surface area (Å²) in [4.78, 5) is 8.97. The van der Waals surface area contributed by atoms with Gasteiger partial charge in [0.15, 0.2) is 0 Å². The number of nitrogens with zero attached hydrogens (tertiary/aromatic N) is 2. The van der Waals surface area contributed by atoms with Gasteiger partial charge in [0.05, 0.1) is 11.4 Å². The second-order valence-corrected chi connectivity index (χ2v) is 5.04. The van der Waals surface area contributed by atoms with Gasteiger partial charge in [-0.25, -0.2) is 0 Å². The van der Waals surface area contributed by atoms with Crippen LogP contribution in [0.25, 0.3) is 0 Å². The number of aliphatic imine (C=N–C) groups is 1. The molecule has 0 spiro atoms. The van der Waals surface area contributed by atoms with Crippen LogP contribution in [0.1, 0.15) is 52.3 Å².